The first-order valence-electron chi connectivity index (χ1n) is 7.29. The average molecular weight is 278 g/mol. The number of benzene rings is 1. The largest absolute Gasteiger partial charge is 0.497 e. The van der Waals surface area contributed by atoms with E-state index in [2.05, 4.69) is 29.4 Å². The summed E-state index contributed by atoms with van der Waals surface area (Å²) in [5, 5.41) is 3.44. The van der Waals surface area contributed by atoms with Crippen molar-refractivity contribution in [1.29, 1.82) is 0 Å². The number of methoxy groups -OCH3 is 1. The first-order valence-corrected chi connectivity index (χ1v) is 7.29. The highest BCUT2D eigenvalue weighted by Gasteiger charge is 2.25. The first kappa shape index (κ1) is 15.3. The summed E-state index contributed by atoms with van der Waals surface area (Å²) in [5.74, 6) is 1.55. The average Bonchev–Trinajstić information content (AvgIpc) is 2.99. The minimum Gasteiger partial charge on any atom is -0.497 e. The summed E-state index contributed by atoms with van der Waals surface area (Å²) in [5.41, 5.74) is 1.28. The van der Waals surface area contributed by atoms with Crippen LogP contribution < -0.4 is 10.1 Å². The summed E-state index contributed by atoms with van der Waals surface area (Å²) in [6, 6.07) is 8.77. The number of hydrogen-bond acceptors (Lipinski definition) is 4. The third-order valence-corrected chi connectivity index (χ3v) is 4.00. The van der Waals surface area contributed by atoms with E-state index in [9.17, 15) is 0 Å². The standard InChI is InChI=1S/C16H26N2O2/c1-17-16(14-7-8-20-12-14)11-18(2)10-13-5-4-6-15(9-13)19-3/h4-6,9,14,16-17H,7-8,10-12H2,1-3H3. The normalized spacial score (nSPS) is 20.3. The number of nitrogens with zero attached hydrogens (tertiary/aromatic N) is 1. The highest BCUT2D eigenvalue weighted by Crippen LogP contribution is 2.18. The van der Waals surface area contributed by atoms with Crippen molar-refractivity contribution >= 4 is 0 Å². The molecule has 1 fully saturated rings. The molecule has 2 atom stereocenters. The van der Waals surface area contributed by atoms with Crippen LogP contribution in [0.15, 0.2) is 24.3 Å². The van der Waals surface area contributed by atoms with Crippen LogP contribution in [0.4, 0.5) is 0 Å². The molecule has 0 spiro atoms. The molecular formula is C16H26N2O2. The Kier molecular flexibility index (Phi) is 5.83. The lowest BCUT2D eigenvalue weighted by Gasteiger charge is -2.27. The fourth-order valence-electron chi connectivity index (χ4n) is 2.83. The molecule has 2 unspecified atom stereocenters. The highest BCUT2D eigenvalue weighted by molar-refractivity contribution is 5.28. The molecule has 0 aliphatic carbocycles. The van der Waals surface area contributed by atoms with Gasteiger partial charge in [-0.3, -0.25) is 0 Å². The zero-order valence-electron chi connectivity index (χ0n) is 12.8. The quantitative estimate of drug-likeness (QED) is 0.824. The number of rotatable bonds is 7. The van der Waals surface area contributed by atoms with Gasteiger partial charge in [-0.05, 0) is 38.2 Å². The van der Waals surface area contributed by atoms with Gasteiger partial charge in [0.25, 0.3) is 0 Å². The van der Waals surface area contributed by atoms with Gasteiger partial charge in [0.1, 0.15) is 5.75 Å². The van der Waals surface area contributed by atoms with Crippen LogP contribution in [0.25, 0.3) is 0 Å². The summed E-state index contributed by atoms with van der Waals surface area (Å²) in [4.78, 5) is 2.36. The summed E-state index contributed by atoms with van der Waals surface area (Å²) in [6.07, 6.45) is 1.17. The number of ether oxygens (including phenoxy) is 2. The molecule has 0 bridgehead atoms. The van der Waals surface area contributed by atoms with Crippen molar-refractivity contribution in [1.82, 2.24) is 10.2 Å². The lowest BCUT2D eigenvalue weighted by atomic mass is 9.98. The fourth-order valence-corrected chi connectivity index (χ4v) is 2.83. The lowest BCUT2D eigenvalue weighted by Crippen LogP contribution is -2.43. The molecule has 1 aliphatic rings. The Hall–Kier alpha value is -1.10. The van der Waals surface area contributed by atoms with Gasteiger partial charge >= 0.3 is 0 Å². The van der Waals surface area contributed by atoms with Crippen LogP contribution in [0.3, 0.4) is 0 Å². The van der Waals surface area contributed by atoms with E-state index in [-0.39, 0.29) is 0 Å². The summed E-state index contributed by atoms with van der Waals surface area (Å²) in [6.45, 7) is 3.76. The molecule has 0 saturated carbocycles. The smallest absolute Gasteiger partial charge is 0.119 e. The molecule has 1 aromatic rings. The van der Waals surface area contributed by atoms with E-state index in [1.165, 1.54) is 12.0 Å². The van der Waals surface area contributed by atoms with E-state index in [0.717, 1.165) is 32.1 Å². The van der Waals surface area contributed by atoms with Gasteiger partial charge in [-0.1, -0.05) is 12.1 Å². The zero-order valence-corrected chi connectivity index (χ0v) is 12.8. The molecule has 1 aromatic carbocycles. The van der Waals surface area contributed by atoms with E-state index in [1.54, 1.807) is 7.11 Å². The van der Waals surface area contributed by atoms with E-state index < -0.39 is 0 Å². The topological polar surface area (TPSA) is 33.7 Å². The minimum atomic E-state index is 0.494. The van der Waals surface area contributed by atoms with Crippen LogP contribution in [0.2, 0.25) is 0 Å². The maximum Gasteiger partial charge on any atom is 0.119 e. The van der Waals surface area contributed by atoms with Crippen molar-refractivity contribution in [3.8, 4) is 5.75 Å². The molecule has 2 rings (SSSR count). The fraction of sp³-hybridized carbons (Fsp3) is 0.625. The number of likely N-dealkylation sites (N-methyl/N-ethyl adjacent to an activating group) is 2. The van der Waals surface area contributed by atoms with Crippen LogP contribution in [-0.4, -0.2) is 51.9 Å². The Morgan fingerprint density at radius 2 is 2.35 bits per heavy atom. The molecule has 20 heavy (non-hydrogen) atoms. The molecule has 0 amide bonds. The third kappa shape index (κ3) is 4.20. The van der Waals surface area contributed by atoms with E-state index in [4.69, 9.17) is 9.47 Å². The van der Waals surface area contributed by atoms with Gasteiger partial charge in [0.05, 0.1) is 13.7 Å². The highest BCUT2D eigenvalue weighted by atomic mass is 16.5. The molecule has 0 radical (unpaired) electrons. The molecule has 112 valence electrons. The van der Waals surface area contributed by atoms with Crippen molar-refractivity contribution in [3.05, 3.63) is 29.8 Å². The number of hydrogen-bond donors (Lipinski definition) is 1. The van der Waals surface area contributed by atoms with Crippen molar-refractivity contribution in [3.63, 3.8) is 0 Å². The van der Waals surface area contributed by atoms with Gasteiger partial charge in [0.15, 0.2) is 0 Å². The van der Waals surface area contributed by atoms with Gasteiger partial charge < -0.3 is 19.7 Å². The second kappa shape index (κ2) is 7.62. The zero-order chi connectivity index (χ0) is 14.4. The van der Waals surface area contributed by atoms with E-state index >= 15 is 0 Å². The van der Waals surface area contributed by atoms with Gasteiger partial charge in [0, 0.05) is 31.7 Å². The Morgan fingerprint density at radius 1 is 1.50 bits per heavy atom. The maximum absolute atomic E-state index is 5.49. The molecule has 4 heteroatoms. The van der Waals surface area contributed by atoms with Crippen LogP contribution in [-0.2, 0) is 11.3 Å². The van der Waals surface area contributed by atoms with Crippen LogP contribution >= 0.6 is 0 Å². The molecule has 1 saturated heterocycles. The van der Waals surface area contributed by atoms with Crippen molar-refractivity contribution in [2.75, 3.05) is 41.0 Å². The predicted molar refractivity (Wildman–Crippen MR) is 81.1 cm³/mol. The molecule has 1 heterocycles. The van der Waals surface area contributed by atoms with Crippen molar-refractivity contribution < 1.29 is 9.47 Å². The molecular weight excluding hydrogens is 252 g/mol. The molecule has 1 N–H and O–H groups in total. The Bertz CT molecular complexity index is 405. The van der Waals surface area contributed by atoms with Gasteiger partial charge in [-0.25, -0.2) is 0 Å². The van der Waals surface area contributed by atoms with Crippen molar-refractivity contribution in [2.24, 2.45) is 5.92 Å². The SMILES string of the molecule is CNC(CN(C)Cc1cccc(OC)c1)C1CCOC1. The van der Waals surface area contributed by atoms with Crippen LogP contribution in [0.5, 0.6) is 5.75 Å². The van der Waals surface area contributed by atoms with E-state index in [0.29, 0.717) is 12.0 Å². The monoisotopic (exact) mass is 278 g/mol. The molecule has 1 aliphatic heterocycles. The van der Waals surface area contributed by atoms with E-state index in [1.807, 2.05) is 19.2 Å². The second-order valence-electron chi connectivity index (χ2n) is 5.57. The lowest BCUT2D eigenvalue weighted by molar-refractivity contribution is 0.167. The Balaban J connectivity index is 1.88. The summed E-state index contributed by atoms with van der Waals surface area (Å²) >= 11 is 0. The molecule has 4 nitrogen and oxygen atoms in total. The maximum atomic E-state index is 5.49. The summed E-state index contributed by atoms with van der Waals surface area (Å²) < 4.78 is 10.8. The predicted octanol–water partition coefficient (Wildman–Crippen LogP) is 1.75. The van der Waals surface area contributed by atoms with Gasteiger partial charge in [-0.2, -0.15) is 0 Å². The van der Waals surface area contributed by atoms with Gasteiger partial charge in [0.2, 0.25) is 0 Å². The molecule has 0 aromatic heterocycles. The minimum absolute atomic E-state index is 0.494. The van der Waals surface area contributed by atoms with Crippen LogP contribution in [0, 0.1) is 5.92 Å². The Labute approximate surface area is 122 Å². The second-order valence-corrected chi connectivity index (χ2v) is 5.57. The van der Waals surface area contributed by atoms with Crippen molar-refractivity contribution in [2.45, 2.75) is 19.0 Å². The van der Waals surface area contributed by atoms with Crippen LogP contribution in [0.1, 0.15) is 12.0 Å². The first-order chi connectivity index (χ1) is 9.72. The van der Waals surface area contributed by atoms with Gasteiger partial charge in [-0.15, -0.1) is 0 Å². The number of nitrogens with one attached hydrogen (secondary N) is 1. The summed E-state index contributed by atoms with van der Waals surface area (Å²) in [7, 11) is 5.92. The third-order valence-electron chi connectivity index (χ3n) is 4.00. The Morgan fingerprint density at radius 3 is 3.00 bits per heavy atom.